The van der Waals surface area contributed by atoms with E-state index in [-0.39, 0.29) is 5.75 Å². The summed E-state index contributed by atoms with van der Waals surface area (Å²) in [6, 6.07) is 3.14. The third-order valence-electron chi connectivity index (χ3n) is 3.24. The van der Waals surface area contributed by atoms with Gasteiger partial charge in [0.2, 0.25) is 6.29 Å². The van der Waals surface area contributed by atoms with Crippen molar-refractivity contribution in [3.63, 3.8) is 0 Å². The van der Waals surface area contributed by atoms with Crippen LogP contribution in [0, 0.1) is 10.1 Å². The lowest BCUT2D eigenvalue weighted by Gasteiger charge is -2.39. The maximum absolute atomic E-state index is 10.7. The first-order valence-corrected chi connectivity index (χ1v) is 6.29. The summed E-state index contributed by atoms with van der Waals surface area (Å²) in [4.78, 5) is 9.90. The van der Waals surface area contributed by atoms with E-state index in [1.807, 2.05) is 0 Å². The van der Waals surface area contributed by atoms with Gasteiger partial charge in [0.05, 0.1) is 17.6 Å². The fourth-order valence-electron chi connectivity index (χ4n) is 2.02. The smallest absolute Gasteiger partial charge is 0.314 e. The Labute approximate surface area is 123 Å². The van der Waals surface area contributed by atoms with Crippen LogP contribution in [0.2, 0.25) is 0 Å². The van der Waals surface area contributed by atoms with E-state index in [1.165, 1.54) is 6.07 Å². The lowest BCUT2D eigenvalue weighted by molar-refractivity contribution is -0.386. The minimum Gasteiger partial charge on any atom is -0.502 e. The van der Waals surface area contributed by atoms with Crippen molar-refractivity contribution >= 4 is 5.69 Å². The van der Waals surface area contributed by atoms with Crippen molar-refractivity contribution in [2.45, 2.75) is 30.7 Å². The van der Waals surface area contributed by atoms with Crippen molar-refractivity contribution in [1.29, 1.82) is 0 Å². The van der Waals surface area contributed by atoms with E-state index in [9.17, 15) is 30.5 Å². The molecule has 0 aliphatic carbocycles. The molecule has 1 heterocycles. The van der Waals surface area contributed by atoms with Crippen molar-refractivity contribution in [2.75, 3.05) is 6.61 Å². The third-order valence-corrected chi connectivity index (χ3v) is 3.24. The molecule has 0 amide bonds. The third kappa shape index (κ3) is 3.10. The zero-order chi connectivity index (χ0) is 16.4. The molecule has 122 valence electrons. The van der Waals surface area contributed by atoms with Gasteiger partial charge in [0.15, 0.2) is 5.75 Å². The highest BCUT2D eigenvalue weighted by Crippen LogP contribution is 2.31. The van der Waals surface area contributed by atoms with Gasteiger partial charge in [-0.25, -0.2) is 0 Å². The monoisotopic (exact) mass is 317 g/mol. The number of nitrogens with zero attached hydrogens (tertiary/aromatic N) is 1. The number of phenolic OH excluding ortho intramolecular Hbond substituents is 1. The quantitative estimate of drug-likeness (QED) is 0.328. The van der Waals surface area contributed by atoms with Gasteiger partial charge in [-0.3, -0.25) is 10.1 Å². The lowest BCUT2D eigenvalue weighted by atomic mass is 9.99. The number of nitro benzene ring substituents is 1. The summed E-state index contributed by atoms with van der Waals surface area (Å²) in [5.74, 6) is -0.667. The van der Waals surface area contributed by atoms with Crippen LogP contribution in [0.4, 0.5) is 5.69 Å². The standard InChI is InChI=1S/C12H15NO9/c14-4-8-9(16)10(17)11(18)12(22-8)21-5-1-2-7(15)6(3-5)13(19)20/h1-3,8-12,14-18H,4H2/t8-,9+,10+,11-,12+/m1/s1. The molecule has 1 saturated heterocycles. The summed E-state index contributed by atoms with van der Waals surface area (Å²) in [6.07, 6.45) is -7.40. The van der Waals surface area contributed by atoms with Crippen molar-refractivity contribution in [3.8, 4) is 11.5 Å². The maximum Gasteiger partial charge on any atom is 0.314 e. The number of aliphatic hydroxyl groups is 4. The molecule has 5 N–H and O–H groups in total. The lowest BCUT2D eigenvalue weighted by Crippen LogP contribution is -2.60. The molecule has 0 saturated carbocycles. The molecule has 1 aliphatic heterocycles. The highest BCUT2D eigenvalue weighted by molar-refractivity contribution is 5.49. The van der Waals surface area contributed by atoms with Crippen LogP contribution in [0.15, 0.2) is 18.2 Å². The summed E-state index contributed by atoms with van der Waals surface area (Å²) in [5.41, 5.74) is -0.609. The summed E-state index contributed by atoms with van der Waals surface area (Å²) >= 11 is 0. The van der Waals surface area contributed by atoms with E-state index in [2.05, 4.69) is 0 Å². The largest absolute Gasteiger partial charge is 0.502 e. The summed E-state index contributed by atoms with van der Waals surface area (Å²) in [6.45, 7) is -0.624. The van der Waals surface area contributed by atoms with Gasteiger partial charge in [-0.15, -0.1) is 0 Å². The second kappa shape index (κ2) is 6.42. The number of rotatable bonds is 4. The second-order valence-corrected chi connectivity index (χ2v) is 4.72. The van der Waals surface area contributed by atoms with E-state index >= 15 is 0 Å². The summed E-state index contributed by atoms with van der Waals surface area (Å²) < 4.78 is 10.3. The van der Waals surface area contributed by atoms with Crippen molar-refractivity contribution in [3.05, 3.63) is 28.3 Å². The van der Waals surface area contributed by atoms with Crippen LogP contribution in [0.3, 0.4) is 0 Å². The number of hydrogen-bond donors (Lipinski definition) is 5. The number of phenols is 1. The summed E-state index contributed by atoms with van der Waals surface area (Å²) in [5, 5.41) is 58.1. The average molecular weight is 317 g/mol. The van der Waals surface area contributed by atoms with Gasteiger partial charge in [0.25, 0.3) is 0 Å². The van der Waals surface area contributed by atoms with Crippen LogP contribution < -0.4 is 4.74 Å². The first-order chi connectivity index (χ1) is 10.3. The van der Waals surface area contributed by atoms with Crippen LogP contribution in [0.5, 0.6) is 11.5 Å². The normalized spacial score (nSPS) is 31.7. The molecule has 1 aromatic carbocycles. The Kier molecular flexibility index (Phi) is 4.78. The molecule has 5 atom stereocenters. The van der Waals surface area contributed by atoms with Crippen LogP contribution in [-0.4, -0.2) is 67.8 Å². The van der Waals surface area contributed by atoms with Gasteiger partial charge in [0.1, 0.15) is 30.2 Å². The Morgan fingerprint density at radius 2 is 1.91 bits per heavy atom. The molecule has 22 heavy (non-hydrogen) atoms. The molecule has 0 radical (unpaired) electrons. The van der Waals surface area contributed by atoms with E-state index in [1.54, 1.807) is 0 Å². The second-order valence-electron chi connectivity index (χ2n) is 4.72. The summed E-state index contributed by atoms with van der Waals surface area (Å²) in [7, 11) is 0. The molecule has 0 aromatic heterocycles. The molecule has 1 fully saturated rings. The van der Waals surface area contributed by atoms with E-state index < -0.39 is 53.7 Å². The van der Waals surface area contributed by atoms with Crippen LogP contribution in [0.1, 0.15) is 0 Å². The number of hydrogen-bond acceptors (Lipinski definition) is 9. The highest BCUT2D eigenvalue weighted by atomic mass is 16.7. The van der Waals surface area contributed by atoms with Crippen LogP contribution in [-0.2, 0) is 4.74 Å². The SMILES string of the molecule is O=[N+]([O-])c1cc(O[C@H]2O[C@H](CO)[C@H](O)[C@H](O)[C@H]2O)ccc1O. The van der Waals surface area contributed by atoms with Crippen LogP contribution in [0.25, 0.3) is 0 Å². The molecule has 10 nitrogen and oxygen atoms in total. The van der Waals surface area contributed by atoms with Crippen LogP contribution >= 0.6 is 0 Å². The van der Waals surface area contributed by atoms with Crippen molar-refractivity contribution in [1.82, 2.24) is 0 Å². The van der Waals surface area contributed by atoms with Gasteiger partial charge in [0, 0.05) is 0 Å². The van der Waals surface area contributed by atoms with Crippen molar-refractivity contribution < 1.29 is 39.9 Å². The number of aromatic hydroxyl groups is 1. The topological polar surface area (TPSA) is 163 Å². The fraction of sp³-hybridized carbons (Fsp3) is 0.500. The molecule has 1 aliphatic rings. The Morgan fingerprint density at radius 1 is 1.23 bits per heavy atom. The Hall–Kier alpha value is -1.98. The molecule has 10 heteroatoms. The van der Waals surface area contributed by atoms with E-state index in [4.69, 9.17) is 14.6 Å². The maximum atomic E-state index is 10.7. The molecule has 2 rings (SSSR count). The number of ether oxygens (including phenoxy) is 2. The predicted octanol–water partition coefficient (Wildman–Crippen LogP) is -1.52. The van der Waals surface area contributed by atoms with Gasteiger partial charge in [-0.05, 0) is 12.1 Å². The zero-order valence-electron chi connectivity index (χ0n) is 11.1. The van der Waals surface area contributed by atoms with E-state index in [0.717, 1.165) is 12.1 Å². The molecule has 1 aromatic rings. The Bertz CT molecular complexity index is 549. The minimum atomic E-state index is -1.63. The first-order valence-electron chi connectivity index (χ1n) is 6.29. The molecule has 0 spiro atoms. The van der Waals surface area contributed by atoms with Crippen molar-refractivity contribution in [2.24, 2.45) is 0 Å². The Balaban J connectivity index is 2.19. The first kappa shape index (κ1) is 16.4. The van der Waals surface area contributed by atoms with Gasteiger partial charge in [-0.2, -0.15) is 0 Å². The van der Waals surface area contributed by atoms with Gasteiger partial charge < -0.3 is 35.0 Å². The predicted molar refractivity (Wildman–Crippen MR) is 69.2 cm³/mol. The molecule has 0 bridgehead atoms. The van der Waals surface area contributed by atoms with Gasteiger partial charge >= 0.3 is 5.69 Å². The molecular formula is C12H15NO9. The fourth-order valence-corrected chi connectivity index (χ4v) is 2.02. The minimum absolute atomic E-state index is 0.103. The number of nitro groups is 1. The van der Waals surface area contributed by atoms with Gasteiger partial charge in [-0.1, -0.05) is 0 Å². The zero-order valence-corrected chi connectivity index (χ0v) is 11.1. The number of aliphatic hydroxyl groups excluding tert-OH is 4. The molecule has 0 unspecified atom stereocenters. The highest BCUT2D eigenvalue weighted by Gasteiger charge is 2.44. The average Bonchev–Trinajstić information content (AvgIpc) is 2.49. The Morgan fingerprint density at radius 3 is 2.50 bits per heavy atom. The molecular weight excluding hydrogens is 302 g/mol. The number of benzene rings is 1. The van der Waals surface area contributed by atoms with E-state index in [0.29, 0.717) is 0 Å².